The largest absolute Gasteiger partial charge is 0.349 e. The fraction of sp³-hybridized carbons (Fsp3) is 0.286. The summed E-state index contributed by atoms with van der Waals surface area (Å²) >= 11 is 1.61. The molecule has 144 valence electrons. The Balaban J connectivity index is 1.33. The number of nitrogens with zero attached hydrogens (tertiary/aromatic N) is 2. The van der Waals surface area contributed by atoms with E-state index in [1.54, 1.807) is 17.4 Å². The van der Waals surface area contributed by atoms with Crippen LogP contribution in [0.25, 0.3) is 10.6 Å². The molecule has 7 heteroatoms. The summed E-state index contributed by atoms with van der Waals surface area (Å²) in [5.41, 5.74) is 2.97. The maximum absolute atomic E-state index is 12.7. The van der Waals surface area contributed by atoms with Gasteiger partial charge in [0.25, 0.3) is 11.8 Å². The molecule has 0 bridgehead atoms. The number of nitrogens with one attached hydrogen (secondary N) is 2. The van der Waals surface area contributed by atoms with Gasteiger partial charge in [0, 0.05) is 24.7 Å². The first-order chi connectivity index (χ1) is 13.6. The van der Waals surface area contributed by atoms with E-state index in [9.17, 15) is 9.59 Å². The first kappa shape index (κ1) is 18.4. The second-order valence-corrected chi connectivity index (χ2v) is 7.95. The van der Waals surface area contributed by atoms with Gasteiger partial charge in [-0.25, -0.2) is 0 Å². The number of H-pyrrole nitrogens is 1. The number of carbonyl (C=O) groups excluding carboxylic acids is 2. The highest BCUT2D eigenvalue weighted by Gasteiger charge is 2.26. The van der Waals surface area contributed by atoms with E-state index in [0.29, 0.717) is 24.3 Å². The van der Waals surface area contributed by atoms with Crippen molar-refractivity contribution >= 4 is 23.2 Å². The first-order valence-electron chi connectivity index (χ1n) is 9.37. The van der Waals surface area contributed by atoms with E-state index in [4.69, 9.17) is 0 Å². The lowest BCUT2D eigenvalue weighted by atomic mass is 10.0. The summed E-state index contributed by atoms with van der Waals surface area (Å²) in [6.45, 7) is 3.15. The quantitative estimate of drug-likeness (QED) is 0.711. The van der Waals surface area contributed by atoms with Crippen LogP contribution >= 0.6 is 11.3 Å². The Morgan fingerprint density at radius 2 is 1.96 bits per heavy atom. The molecule has 1 aliphatic rings. The molecule has 0 radical (unpaired) electrons. The zero-order valence-corrected chi connectivity index (χ0v) is 16.5. The molecule has 0 unspecified atom stereocenters. The maximum Gasteiger partial charge on any atom is 0.274 e. The number of rotatable bonds is 4. The lowest BCUT2D eigenvalue weighted by molar-refractivity contribution is 0.0692. The first-order valence-corrected chi connectivity index (χ1v) is 10.2. The lowest BCUT2D eigenvalue weighted by Crippen LogP contribution is -2.46. The number of hydrogen-bond donors (Lipinski definition) is 2. The van der Waals surface area contributed by atoms with Crippen LogP contribution in [-0.2, 0) is 0 Å². The molecule has 0 spiro atoms. The van der Waals surface area contributed by atoms with E-state index in [2.05, 4.69) is 15.5 Å². The molecule has 1 aliphatic heterocycles. The molecule has 1 saturated heterocycles. The van der Waals surface area contributed by atoms with E-state index in [1.165, 1.54) is 0 Å². The summed E-state index contributed by atoms with van der Waals surface area (Å²) in [5, 5.41) is 12.2. The van der Waals surface area contributed by atoms with E-state index < -0.39 is 0 Å². The number of likely N-dealkylation sites (tertiary alicyclic amines) is 1. The van der Waals surface area contributed by atoms with Crippen LogP contribution in [0.15, 0.2) is 47.8 Å². The Hall–Kier alpha value is -2.93. The molecule has 2 N–H and O–H groups in total. The minimum atomic E-state index is -0.0669. The van der Waals surface area contributed by atoms with Crippen molar-refractivity contribution in [1.82, 2.24) is 20.4 Å². The van der Waals surface area contributed by atoms with Gasteiger partial charge >= 0.3 is 0 Å². The summed E-state index contributed by atoms with van der Waals surface area (Å²) in [5.74, 6) is -0.112. The Bertz CT molecular complexity index is 972. The second kappa shape index (κ2) is 7.98. The number of hydrogen-bond acceptors (Lipinski definition) is 4. The molecule has 2 amide bonds. The average molecular weight is 395 g/mol. The number of amides is 2. The van der Waals surface area contributed by atoms with Crippen LogP contribution in [0, 0.1) is 6.92 Å². The highest BCUT2D eigenvalue weighted by atomic mass is 32.1. The molecule has 0 saturated carbocycles. The van der Waals surface area contributed by atoms with Crippen LogP contribution in [0.2, 0.25) is 0 Å². The van der Waals surface area contributed by atoms with Gasteiger partial charge in [-0.2, -0.15) is 5.10 Å². The van der Waals surface area contributed by atoms with Crippen LogP contribution in [0.5, 0.6) is 0 Å². The van der Waals surface area contributed by atoms with Crippen LogP contribution in [0.4, 0.5) is 0 Å². The molecular formula is C21H22N4O2S. The summed E-state index contributed by atoms with van der Waals surface area (Å²) < 4.78 is 0. The number of aryl methyl sites for hydroxylation is 1. The van der Waals surface area contributed by atoms with Gasteiger partial charge in [0.1, 0.15) is 0 Å². The minimum Gasteiger partial charge on any atom is -0.349 e. The summed E-state index contributed by atoms with van der Waals surface area (Å²) in [6, 6.07) is 13.4. The highest BCUT2D eigenvalue weighted by molar-refractivity contribution is 7.13. The summed E-state index contributed by atoms with van der Waals surface area (Å²) in [6.07, 6.45) is 1.48. The third-order valence-corrected chi connectivity index (χ3v) is 5.99. The van der Waals surface area contributed by atoms with Crippen molar-refractivity contribution in [3.63, 3.8) is 0 Å². The van der Waals surface area contributed by atoms with Crippen molar-refractivity contribution in [2.45, 2.75) is 25.8 Å². The van der Waals surface area contributed by atoms with Crippen molar-refractivity contribution in [3.8, 4) is 10.6 Å². The summed E-state index contributed by atoms with van der Waals surface area (Å²) in [7, 11) is 0. The van der Waals surface area contributed by atoms with Crippen LogP contribution in [0.1, 0.15) is 39.3 Å². The molecule has 6 nitrogen and oxygen atoms in total. The molecule has 3 heterocycles. The minimum absolute atomic E-state index is 0.0456. The van der Waals surface area contributed by atoms with Crippen molar-refractivity contribution in [3.05, 3.63) is 64.7 Å². The number of piperidine rings is 1. The van der Waals surface area contributed by atoms with Gasteiger partial charge in [-0.15, -0.1) is 11.3 Å². The molecule has 2 aromatic heterocycles. The predicted octanol–water partition coefficient (Wildman–Crippen LogP) is 3.48. The molecular weight excluding hydrogens is 372 g/mol. The van der Waals surface area contributed by atoms with Crippen molar-refractivity contribution in [1.29, 1.82) is 0 Å². The molecule has 0 aliphatic carbocycles. The van der Waals surface area contributed by atoms with Gasteiger partial charge in [-0.05, 0) is 48.9 Å². The van der Waals surface area contributed by atoms with Crippen molar-refractivity contribution < 1.29 is 9.59 Å². The third-order valence-electron chi connectivity index (χ3n) is 5.09. The zero-order chi connectivity index (χ0) is 19.5. The number of thiophene rings is 1. The van der Waals surface area contributed by atoms with Crippen molar-refractivity contribution in [2.75, 3.05) is 13.1 Å². The van der Waals surface area contributed by atoms with E-state index in [0.717, 1.165) is 29.0 Å². The van der Waals surface area contributed by atoms with Crippen LogP contribution < -0.4 is 5.32 Å². The smallest absolute Gasteiger partial charge is 0.274 e. The molecule has 4 rings (SSSR count). The van der Waals surface area contributed by atoms with Gasteiger partial charge in [0.05, 0.1) is 10.6 Å². The standard InChI is InChI=1S/C21H22N4O2S/c1-14-5-2-3-6-16(14)20(26)22-15-8-10-25(11-9-15)21(27)18-13-17(23-24-18)19-7-4-12-28-19/h2-7,12-13,15H,8-11H2,1H3,(H,22,26)(H,23,24). The van der Waals surface area contributed by atoms with Gasteiger partial charge in [0.2, 0.25) is 0 Å². The van der Waals surface area contributed by atoms with Gasteiger partial charge in [-0.3, -0.25) is 14.7 Å². The molecule has 28 heavy (non-hydrogen) atoms. The SMILES string of the molecule is Cc1ccccc1C(=O)NC1CCN(C(=O)c2cc(-c3cccs3)[nH]n2)CC1. The zero-order valence-electron chi connectivity index (χ0n) is 15.6. The number of aromatic nitrogens is 2. The molecule has 3 aromatic rings. The Morgan fingerprint density at radius 1 is 1.18 bits per heavy atom. The van der Waals surface area contributed by atoms with Crippen LogP contribution in [0.3, 0.4) is 0 Å². The Labute approximate surface area is 167 Å². The lowest BCUT2D eigenvalue weighted by Gasteiger charge is -2.32. The number of aromatic amines is 1. The molecule has 1 fully saturated rings. The Morgan fingerprint density at radius 3 is 2.68 bits per heavy atom. The monoisotopic (exact) mass is 394 g/mol. The average Bonchev–Trinajstić information content (AvgIpc) is 3.40. The van der Waals surface area contributed by atoms with Gasteiger partial charge in [-0.1, -0.05) is 24.3 Å². The van der Waals surface area contributed by atoms with E-state index >= 15 is 0 Å². The fourth-order valence-corrected chi connectivity index (χ4v) is 4.16. The van der Waals surface area contributed by atoms with E-state index in [1.807, 2.05) is 53.6 Å². The highest BCUT2D eigenvalue weighted by Crippen LogP contribution is 2.24. The Kier molecular flexibility index (Phi) is 5.25. The number of benzene rings is 1. The third kappa shape index (κ3) is 3.84. The summed E-state index contributed by atoms with van der Waals surface area (Å²) in [4.78, 5) is 28.1. The normalized spacial score (nSPS) is 14.8. The number of carbonyl (C=O) groups is 2. The molecule has 0 atom stereocenters. The van der Waals surface area contributed by atoms with Crippen molar-refractivity contribution in [2.24, 2.45) is 0 Å². The second-order valence-electron chi connectivity index (χ2n) is 7.00. The fourth-order valence-electron chi connectivity index (χ4n) is 3.47. The molecule has 1 aromatic carbocycles. The van der Waals surface area contributed by atoms with E-state index in [-0.39, 0.29) is 17.9 Å². The van der Waals surface area contributed by atoms with Gasteiger partial charge in [0.15, 0.2) is 5.69 Å². The maximum atomic E-state index is 12.7. The predicted molar refractivity (Wildman–Crippen MR) is 109 cm³/mol. The van der Waals surface area contributed by atoms with Crippen LogP contribution in [-0.4, -0.2) is 46.0 Å². The van der Waals surface area contributed by atoms with Gasteiger partial charge < -0.3 is 10.2 Å². The topological polar surface area (TPSA) is 78.1 Å².